The molecule has 0 bridgehead atoms. The van der Waals surface area contributed by atoms with Crippen LogP contribution in [-0.4, -0.2) is 23.6 Å². The number of ether oxygens (including phenoxy) is 2. The standard InChI is InChI=1S/C21H32O4/c1-13(22)24-15-8-10-20(2)14(12-15)4-5-16-17(20)9-11-21(3)18(16)6-7-19(23)25-21/h14-18H,4-12H2,1-3H3/t14-,15-,16+,17-,18-,20-,21-/m0/s1. The number of carbonyl (C=O) groups is 2. The molecule has 0 unspecified atom stereocenters. The second-order valence-electron chi connectivity index (χ2n) is 9.53. The minimum Gasteiger partial charge on any atom is -0.463 e. The van der Waals surface area contributed by atoms with Crippen molar-refractivity contribution in [1.82, 2.24) is 0 Å². The molecule has 1 aliphatic heterocycles. The Labute approximate surface area is 151 Å². The number of fused-ring (bicyclic) bond motifs is 5. The molecule has 3 aliphatic carbocycles. The van der Waals surface area contributed by atoms with Crippen LogP contribution in [0.5, 0.6) is 0 Å². The van der Waals surface area contributed by atoms with Gasteiger partial charge in [-0.05, 0) is 81.5 Å². The summed E-state index contributed by atoms with van der Waals surface area (Å²) in [6.45, 7) is 6.20. The second kappa shape index (κ2) is 5.99. The first-order chi connectivity index (χ1) is 11.8. The summed E-state index contributed by atoms with van der Waals surface area (Å²) in [5, 5.41) is 0. The summed E-state index contributed by atoms with van der Waals surface area (Å²) >= 11 is 0. The van der Waals surface area contributed by atoms with Gasteiger partial charge in [0.1, 0.15) is 11.7 Å². The first-order valence-electron chi connectivity index (χ1n) is 10.2. The molecule has 1 saturated heterocycles. The lowest BCUT2D eigenvalue weighted by molar-refractivity contribution is -0.205. The average Bonchev–Trinajstić information content (AvgIpc) is 2.53. The van der Waals surface area contributed by atoms with Crippen molar-refractivity contribution in [3.63, 3.8) is 0 Å². The molecule has 140 valence electrons. The van der Waals surface area contributed by atoms with Gasteiger partial charge < -0.3 is 9.47 Å². The van der Waals surface area contributed by atoms with E-state index in [-0.39, 0.29) is 23.6 Å². The number of hydrogen-bond donors (Lipinski definition) is 0. The van der Waals surface area contributed by atoms with Gasteiger partial charge in [-0.25, -0.2) is 0 Å². The molecular formula is C21H32O4. The normalized spacial score (nSPS) is 49.2. The molecule has 0 spiro atoms. The van der Waals surface area contributed by atoms with Gasteiger partial charge in [-0.3, -0.25) is 9.59 Å². The van der Waals surface area contributed by atoms with Gasteiger partial charge in [0.15, 0.2) is 0 Å². The maximum Gasteiger partial charge on any atom is 0.306 e. The summed E-state index contributed by atoms with van der Waals surface area (Å²) in [4.78, 5) is 23.2. The third kappa shape index (κ3) is 2.80. The van der Waals surface area contributed by atoms with Crippen molar-refractivity contribution in [2.45, 2.75) is 90.3 Å². The first-order valence-corrected chi connectivity index (χ1v) is 10.2. The predicted molar refractivity (Wildman–Crippen MR) is 93.7 cm³/mol. The van der Waals surface area contributed by atoms with Crippen molar-refractivity contribution < 1.29 is 19.1 Å². The Kier molecular flexibility index (Phi) is 4.16. The second-order valence-corrected chi connectivity index (χ2v) is 9.53. The molecule has 4 nitrogen and oxygen atoms in total. The summed E-state index contributed by atoms with van der Waals surface area (Å²) in [5.41, 5.74) is 0.136. The van der Waals surface area contributed by atoms with Gasteiger partial charge in [-0.2, -0.15) is 0 Å². The van der Waals surface area contributed by atoms with Crippen LogP contribution in [0.3, 0.4) is 0 Å². The van der Waals surface area contributed by atoms with Crippen LogP contribution in [0.1, 0.15) is 78.6 Å². The Morgan fingerprint density at radius 3 is 2.64 bits per heavy atom. The highest BCUT2D eigenvalue weighted by molar-refractivity contribution is 5.71. The average molecular weight is 348 g/mol. The molecule has 1 heterocycles. The fraction of sp³-hybridized carbons (Fsp3) is 0.905. The van der Waals surface area contributed by atoms with E-state index in [9.17, 15) is 9.59 Å². The molecule has 0 N–H and O–H groups in total. The number of carbonyl (C=O) groups excluding carboxylic acids is 2. The van der Waals surface area contributed by atoms with Gasteiger partial charge in [0.2, 0.25) is 0 Å². The van der Waals surface area contributed by atoms with E-state index in [2.05, 4.69) is 13.8 Å². The lowest BCUT2D eigenvalue weighted by Gasteiger charge is -2.61. The first kappa shape index (κ1) is 17.4. The summed E-state index contributed by atoms with van der Waals surface area (Å²) in [6, 6.07) is 0. The van der Waals surface area contributed by atoms with Crippen LogP contribution >= 0.6 is 0 Å². The molecule has 0 aromatic carbocycles. The van der Waals surface area contributed by atoms with Crippen molar-refractivity contribution >= 4 is 11.9 Å². The molecule has 0 aromatic heterocycles. The molecule has 4 aliphatic rings. The Balaban J connectivity index is 1.53. The topological polar surface area (TPSA) is 52.6 Å². The van der Waals surface area contributed by atoms with Crippen LogP contribution in [-0.2, 0) is 19.1 Å². The molecule has 0 radical (unpaired) electrons. The van der Waals surface area contributed by atoms with Gasteiger partial charge in [-0.15, -0.1) is 0 Å². The van der Waals surface area contributed by atoms with Crippen LogP contribution in [0.4, 0.5) is 0 Å². The molecule has 3 saturated carbocycles. The molecule has 4 heteroatoms. The highest BCUT2D eigenvalue weighted by Gasteiger charge is 2.59. The van der Waals surface area contributed by atoms with E-state index in [0.717, 1.165) is 31.6 Å². The van der Waals surface area contributed by atoms with Crippen molar-refractivity contribution in [2.24, 2.45) is 29.1 Å². The zero-order valence-electron chi connectivity index (χ0n) is 15.9. The molecule has 0 aromatic rings. The summed E-state index contributed by atoms with van der Waals surface area (Å²) in [5.74, 6) is 2.49. The van der Waals surface area contributed by atoms with E-state index >= 15 is 0 Å². The van der Waals surface area contributed by atoms with E-state index in [1.165, 1.54) is 32.6 Å². The van der Waals surface area contributed by atoms with Gasteiger partial charge in [0.25, 0.3) is 0 Å². The van der Waals surface area contributed by atoms with E-state index in [4.69, 9.17) is 9.47 Å². The third-order valence-corrected chi connectivity index (χ3v) is 8.29. The van der Waals surface area contributed by atoms with Gasteiger partial charge in [-0.1, -0.05) is 6.92 Å². The maximum atomic E-state index is 11.8. The highest BCUT2D eigenvalue weighted by atomic mass is 16.6. The lowest BCUT2D eigenvalue weighted by Crippen LogP contribution is -2.58. The Morgan fingerprint density at radius 2 is 1.88 bits per heavy atom. The number of esters is 2. The van der Waals surface area contributed by atoms with Crippen LogP contribution in [0.15, 0.2) is 0 Å². The highest BCUT2D eigenvalue weighted by Crippen LogP contribution is 2.63. The van der Waals surface area contributed by atoms with Crippen molar-refractivity contribution in [2.75, 3.05) is 0 Å². The molecular weight excluding hydrogens is 316 g/mol. The molecule has 0 amide bonds. The number of hydrogen-bond acceptors (Lipinski definition) is 4. The number of rotatable bonds is 1. The van der Waals surface area contributed by atoms with Gasteiger partial charge in [0.05, 0.1) is 0 Å². The lowest BCUT2D eigenvalue weighted by atomic mass is 9.46. The van der Waals surface area contributed by atoms with E-state index in [1.807, 2.05) is 0 Å². The Hall–Kier alpha value is -1.06. The maximum absolute atomic E-state index is 11.8. The minimum absolute atomic E-state index is 0.000938. The predicted octanol–water partition coefficient (Wildman–Crippen LogP) is 4.26. The quantitative estimate of drug-likeness (QED) is 0.665. The Bertz CT molecular complexity index is 572. The van der Waals surface area contributed by atoms with Crippen LogP contribution < -0.4 is 0 Å². The zero-order chi connectivity index (χ0) is 17.8. The summed E-state index contributed by atoms with van der Waals surface area (Å²) in [7, 11) is 0. The van der Waals surface area contributed by atoms with Crippen LogP contribution in [0.25, 0.3) is 0 Å². The van der Waals surface area contributed by atoms with Gasteiger partial charge in [0, 0.05) is 19.3 Å². The monoisotopic (exact) mass is 348 g/mol. The van der Waals surface area contributed by atoms with E-state index in [0.29, 0.717) is 29.6 Å². The minimum atomic E-state index is -0.228. The molecule has 7 atom stereocenters. The summed E-state index contributed by atoms with van der Waals surface area (Å²) < 4.78 is 11.4. The third-order valence-electron chi connectivity index (χ3n) is 8.29. The van der Waals surface area contributed by atoms with E-state index < -0.39 is 0 Å². The summed E-state index contributed by atoms with van der Waals surface area (Å²) in [6.07, 6.45) is 9.60. The smallest absolute Gasteiger partial charge is 0.306 e. The fourth-order valence-electron chi connectivity index (χ4n) is 7.08. The zero-order valence-corrected chi connectivity index (χ0v) is 15.9. The van der Waals surface area contributed by atoms with Crippen molar-refractivity contribution in [1.29, 1.82) is 0 Å². The molecule has 4 fully saturated rings. The van der Waals surface area contributed by atoms with E-state index in [1.54, 1.807) is 0 Å². The van der Waals surface area contributed by atoms with Crippen molar-refractivity contribution in [3.8, 4) is 0 Å². The molecule has 25 heavy (non-hydrogen) atoms. The fourth-order valence-corrected chi connectivity index (χ4v) is 7.08. The van der Waals surface area contributed by atoms with Crippen LogP contribution in [0.2, 0.25) is 0 Å². The van der Waals surface area contributed by atoms with Crippen molar-refractivity contribution in [3.05, 3.63) is 0 Å². The SMILES string of the molecule is CC(=O)O[C@H]1CC[C@@]2(C)[C@@H](CC[C@@H]3[C@@H]2CC[C@]2(C)OC(=O)CC[C@@H]32)C1. The molecule has 4 rings (SSSR count). The largest absolute Gasteiger partial charge is 0.463 e. The van der Waals surface area contributed by atoms with Crippen LogP contribution in [0, 0.1) is 29.1 Å². The van der Waals surface area contributed by atoms with Gasteiger partial charge >= 0.3 is 11.9 Å². The Morgan fingerprint density at radius 1 is 1.08 bits per heavy atom.